The molecule has 0 unspecified atom stereocenters. The van der Waals surface area contributed by atoms with Gasteiger partial charge in [0.1, 0.15) is 17.3 Å². The Morgan fingerprint density at radius 1 is 1.18 bits per heavy atom. The van der Waals surface area contributed by atoms with Crippen molar-refractivity contribution < 1.29 is 24.2 Å². The van der Waals surface area contributed by atoms with E-state index >= 15 is 0 Å². The SMILES string of the molecule is CCOc1cc2c(cc1C(=O)NC)C(=N)N(CC(=O)c1cc(N(C)CCCO)c(OC)c(C(C)(C)C)c1)C2.Cl.Cl. The van der Waals surface area contributed by atoms with Gasteiger partial charge in [-0.2, -0.15) is 0 Å². The third-order valence-corrected chi connectivity index (χ3v) is 6.71. The van der Waals surface area contributed by atoms with Crippen molar-refractivity contribution in [3.05, 3.63) is 52.1 Å². The Morgan fingerprint density at radius 2 is 1.85 bits per heavy atom. The maximum absolute atomic E-state index is 13.6. The number of methoxy groups -OCH3 is 1. The van der Waals surface area contributed by atoms with E-state index in [4.69, 9.17) is 14.9 Å². The number of fused-ring (bicyclic) bond motifs is 1. The summed E-state index contributed by atoms with van der Waals surface area (Å²) < 4.78 is 11.5. The van der Waals surface area contributed by atoms with Crippen molar-refractivity contribution in [1.29, 1.82) is 5.41 Å². The molecule has 0 aromatic heterocycles. The molecule has 0 atom stereocenters. The molecular weight excluding hydrogens is 555 g/mol. The van der Waals surface area contributed by atoms with Gasteiger partial charge in [0, 0.05) is 50.5 Å². The number of amides is 1. The summed E-state index contributed by atoms with van der Waals surface area (Å²) in [6, 6.07) is 7.18. The monoisotopic (exact) mass is 596 g/mol. The summed E-state index contributed by atoms with van der Waals surface area (Å²) >= 11 is 0. The average molecular weight is 598 g/mol. The number of aliphatic hydroxyl groups excluding tert-OH is 1. The van der Waals surface area contributed by atoms with E-state index in [1.165, 1.54) is 0 Å². The standard InChI is InChI=1S/C29H40N4O5.2ClH/c1-8-38-25-14-19-16-33(27(30)20(19)15-21(25)28(36)31-5)17-24(35)18-12-22(29(2,3)4)26(37-7)23(13-18)32(6)10-9-11-34;;/h12-15,30,34H,8-11,16-17H2,1-7H3,(H,31,36);2*1H. The molecule has 0 fully saturated rings. The number of benzene rings is 2. The first kappa shape index (κ1) is 35.0. The number of hydrogen-bond donors (Lipinski definition) is 3. The number of carbonyl (C=O) groups excluding carboxylic acids is 2. The predicted molar refractivity (Wildman–Crippen MR) is 164 cm³/mol. The van der Waals surface area contributed by atoms with E-state index in [-0.39, 0.29) is 60.9 Å². The molecule has 1 heterocycles. The zero-order valence-electron chi connectivity index (χ0n) is 24.3. The maximum Gasteiger partial charge on any atom is 0.254 e. The van der Waals surface area contributed by atoms with Gasteiger partial charge in [0.15, 0.2) is 5.78 Å². The second kappa shape index (κ2) is 14.6. The second-order valence-corrected chi connectivity index (χ2v) is 10.5. The fraction of sp³-hybridized carbons (Fsp3) is 0.483. The highest BCUT2D eigenvalue weighted by Gasteiger charge is 2.31. The highest BCUT2D eigenvalue weighted by atomic mass is 35.5. The topological polar surface area (TPSA) is 115 Å². The average Bonchev–Trinajstić information content (AvgIpc) is 3.18. The number of nitrogens with zero attached hydrogens (tertiary/aromatic N) is 2. The van der Waals surface area contributed by atoms with E-state index in [0.717, 1.165) is 16.8 Å². The Balaban J connectivity index is 0.00000400. The van der Waals surface area contributed by atoms with Gasteiger partial charge in [-0.05, 0) is 48.6 Å². The smallest absolute Gasteiger partial charge is 0.254 e. The summed E-state index contributed by atoms with van der Waals surface area (Å²) in [5, 5.41) is 20.7. The molecule has 0 bridgehead atoms. The van der Waals surface area contributed by atoms with Crippen LogP contribution in [0.5, 0.6) is 11.5 Å². The van der Waals surface area contributed by atoms with Crippen molar-refractivity contribution in [1.82, 2.24) is 10.2 Å². The summed E-state index contributed by atoms with van der Waals surface area (Å²) in [6.07, 6.45) is 0.591. The van der Waals surface area contributed by atoms with E-state index in [1.807, 2.05) is 31.0 Å². The third kappa shape index (κ3) is 7.38. The van der Waals surface area contributed by atoms with Crippen molar-refractivity contribution in [2.75, 3.05) is 52.4 Å². The minimum absolute atomic E-state index is 0. The lowest BCUT2D eigenvalue weighted by Gasteiger charge is -2.29. The summed E-state index contributed by atoms with van der Waals surface area (Å²) in [5.74, 6) is 0.966. The number of Topliss-reactive ketones (excluding diaryl/α,β-unsaturated/α-hetero) is 1. The highest BCUT2D eigenvalue weighted by molar-refractivity contribution is 6.08. The molecule has 3 N–H and O–H groups in total. The molecular formula is C29H42Cl2N4O5. The maximum atomic E-state index is 13.6. The van der Waals surface area contributed by atoms with E-state index in [9.17, 15) is 14.7 Å². The number of ketones is 1. The number of amidine groups is 1. The molecule has 1 amide bonds. The zero-order valence-corrected chi connectivity index (χ0v) is 26.0. The second-order valence-electron chi connectivity index (χ2n) is 10.5. The number of aliphatic hydroxyl groups is 1. The van der Waals surface area contributed by atoms with E-state index in [1.54, 1.807) is 31.2 Å². The minimum Gasteiger partial charge on any atom is -0.494 e. The molecule has 222 valence electrons. The Morgan fingerprint density at radius 3 is 2.40 bits per heavy atom. The van der Waals surface area contributed by atoms with Crippen molar-refractivity contribution in [3.63, 3.8) is 0 Å². The first-order valence-electron chi connectivity index (χ1n) is 12.9. The summed E-state index contributed by atoms with van der Waals surface area (Å²) in [6.45, 7) is 9.55. The van der Waals surface area contributed by atoms with Crippen LogP contribution in [0.2, 0.25) is 0 Å². The Bertz CT molecular complexity index is 1230. The molecule has 0 spiro atoms. The fourth-order valence-corrected chi connectivity index (χ4v) is 4.67. The molecule has 0 saturated heterocycles. The van der Waals surface area contributed by atoms with E-state index < -0.39 is 0 Å². The van der Waals surface area contributed by atoms with Crippen LogP contribution in [0, 0.1) is 5.41 Å². The predicted octanol–water partition coefficient (Wildman–Crippen LogP) is 4.44. The molecule has 2 aromatic rings. The fourth-order valence-electron chi connectivity index (χ4n) is 4.67. The Kier molecular flexibility index (Phi) is 12.8. The van der Waals surface area contributed by atoms with Gasteiger partial charge >= 0.3 is 0 Å². The highest BCUT2D eigenvalue weighted by Crippen LogP contribution is 2.40. The van der Waals surface area contributed by atoms with Crippen LogP contribution >= 0.6 is 24.8 Å². The van der Waals surface area contributed by atoms with Crippen LogP contribution in [0.4, 0.5) is 5.69 Å². The van der Waals surface area contributed by atoms with Crippen LogP contribution in [-0.2, 0) is 12.0 Å². The molecule has 40 heavy (non-hydrogen) atoms. The van der Waals surface area contributed by atoms with Gasteiger partial charge in [-0.1, -0.05) is 20.8 Å². The van der Waals surface area contributed by atoms with Crippen molar-refractivity contribution in [2.45, 2.75) is 46.1 Å². The number of anilines is 1. The molecule has 1 aliphatic rings. The molecule has 11 heteroatoms. The van der Waals surface area contributed by atoms with Crippen molar-refractivity contribution in [3.8, 4) is 11.5 Å². The molecule has 9 nitrogen and oxygen atoms in total. The van der Waals surface area contributed by atoms with Crippen LogP contribution < -0.4 is 19.7 Å². The number of rotatable bonds is 11. The number of halogens is 2. The zero-order chi connectivity index (χ0) is 28.2. The van der Waals surface area contributed by atoms with Gasteiger partial charge in [-0.3, -0.25) is 15.0 Å². The number of hydrogen-bond acceptors (Lipinski definition) is 7. The van der Waals surface area contributed by atoms with Crippen LogP contribution in [-0.4, -0.2) is 75.0 Å². The van der Waals surface area contributed by atoms with Crippen LogP contribution in [0.15, 0.2) is 24.3 Å². The van der Waals surface area contributed by atoms with E-state index in [0.29, 0.717) is 54.3 Å². The normalized spacial score (nSPS) is 12.2. The third-order valence-electron chi connectivity index (χ3n) is 6.71. The molecule has 0 saturated carbocycles. The van der Waals surface area contributed by atoms with Gasteiger partial charge in [-0.25, -0.2) is 0 Å². The van der Waals surface area contributed by atoms with Gasteiger partial charge < -0.3 is 29.7 Å². The lowest BCUT2D eigenvalue weighted by atomic mass is 9.84. The Hall–Kier alpha value is -3.01. The molecule has 3 rings (SSSR count). The molecule has 1 aliphatic heterocycles. The van der Waals surface area contributed by atoms with Gasteiger partial charge in [-0.15, -0.1) is 24.8 Å². The summed E-state index contributed by atoms with van der Waals surface area (Å²) in [5.41, 5.74) is 3.78. The molecule has 0 radical (unpaired) electrons. The Labute approximate surface area is 249 Å². The molecule has 0 aliphatic carbocycles. The number of carbonyl (C=O) groups is 2. The van der Waals surface area contributed by atoms with Crippen LogP contribution in [0.25, 0.3) is 0 Å². The van der Waals surface area contributed by atoms with Crippen molar-refractivity contribution in [2.24, 2.45) is 0 Å². The van der Waals surface area contributed by atoms with Crippen LogP contribution in [0.1, 0.15) is 71.5 Å². The van der Waals surface area contributed by atoms with E-state index in [2.05, 4.69) is 26.1 Å². The first-order chi connectivity index (χ1) is 18.0. The molecule has 2 aromatic carbocycles. The number of nitrogens with one attached hydrogen (secondary N) is 2. The summed E-state index contributed by atoms with van der Waals surface area (Å²) in [7, 11) is 5.10. The van der Waals surface area contributed by atoms with Gasteiger partial charge in [0.05, 0.1) is 31.5 Å². The summed E-state index contributed by atoms with van der Waals surface area (Å²) in [4.78, 5) is 29.8. The van der Waals surface area contributed by atoms with Gasteiger partial charge in [0.25, 0.3) is 5.91 Å². The van der Waals surface area contributed by atoms with Crippen LogP contribution in [0.3, 0.4) is 0 Å². The van der Waals surface area contributed by atoms with Gasteiger partial charge in [0.2, 0.25) is 0 Å². The lowest BCUT2D eigenvalue weighted by Crippen LogP contribution is -2.31. The minimum atomic E-state index is -0.288. The van der Waals surface area contributed by atoms with Crippen molar-refractivity contribution >= 4 is 48.0 Å². The number of ether oxygens (including phenoxy) is 2. The first-order valence-corrected chi connectivity index (χ1v) is 12.9. The lowest BCUT2D eigenvalue weighted by molar-refractivity contribution is 0.0953. The largest absolute Gasteiger partial charge is 0.494 e. The quantitative estimate of drug-likeness (QED) is 0.328.